The molecule has 1 amide bonds. The summed E-state index contributed by atoms with van der Waals surface area (Å²) >= 11 is 3.45. The standard InChI is InChI=1S/C15H21BrN2O2/c1-10(2)20-14-7-12(6-13(16)8-14)15(19)18-5-4-17-9-11(18)3/h6-8,10-11,17H,4-5,9H2,1-3H3/t11-/m0/s1. The van der Waals surface area contributed by atoms with Crippen LogP contribution in [0.25, 0.3) is 0 Å². The molecule has 0 spiro atoms. The summed E-state index contributed by atoms with van der Waals surface area (Å²) in [6.07, 6.45) is 0.0883. The van der Waals surface area contributed by atoms with Gasteiger partial charge in [-0.25, -0.2) is 0 Å². The Kier molecular flexibility index (Phi) is 5.05. The Morgan fingerprint density at radius 3 is 2.85 bits per heavy atom. The molecule has 0 aromatic heterocycles. The van der Waals surface area contributed by atoms with E-state index in [9.17, 15) is 4.79 Å². The van der Waals surface area contributed by atoms with Crippen LogP contribution in [-0.4, -0.2) is 42.6 Å². The van der Waals surface area contributed by atoms with Crippen LogP contribution in [0.1, 0.15) is 31.1 Å². The average Bonchev–Trinajstić information content (AvgIpc) is 2.37. The third-order valence-corrected chi connectivity index (χ3v) is 3.71. The van der Waals surface area contributed by atoms with Crippen LogP contribution in [0.2, 0.25) is 0 Å². The number of hydrogen-bond donors (Lipinski definition) is 1. The van der Waals surface area contributed by atoms with E-state index in [4.69, 9.17) is 4.74 Å². The van der Waals surface area contributed by atoms with Crippen molar-refractivity contribution in [2.45, 2.75) is 32.9 Å². The van der Waals surface area contributed by atoms with E-state index in [2.05, 4.69) is 28.2 Å². The second kappa shape index (κ2) is 6.59. The van der Waals surface area contributed by atoms with Crippen LogP contribution in [0.3, 0.4) is 0 Å². The van der Waals surface area contributed by atoms with Crippen molar-refractivity contribution >= 4 is 21.8 Å². The number of piperazine rings is 1. The quantitative estimate of drug-likeness (QED) is 0.919. The van der Waals surface area contributed by atoms with Gasteiger partial charge in [-0.15, -0.1) is 0 Å². The molecule has 1 aromatic rings. The van der Waals surface area contributed by atoms with Crippen LogP contribution >= 0.6 is 15.9 Å². The monoisotopic (exact) mass is 340 g/mol. The second-order valence-electron chi connectivity index (χ2n) is 5.39. The molecule has 0 radical (unpaired) electrons. The Hall–Kier alpha value is -1.07. The maximum absolute atomic E-state index is 12.6. The van der Waals surface area contributed by atoms with Crippen molar-refractivity contribution in [3.63, 3.8) is 0 Å². The lowest BCUT2D eigenvalue weighted by atomic mass is 10.1. The summed E-state index contributed by atoms with van der Waals surface area (Å²) in [6.45, 7) is 8.44. The Morgan fingerprint density at radius 2 is 2.20 bits per heavy atom. The minimum absolute atomic E-state index is 0.0638. The SMILES string of the molecule is CC(C)Oc1cc(Br)cc(C(=O)N2CCNC[C@@H]2C)c1. The third-order valence-electron chi connectivity index (χ3n) is 3.25. The van der Waals surface area contributed by atoms with Crippen LogP contribution < -0.4 is 10.1 Å². The van der Waals surface area contributed by atoms with Crippen LogP contribution in [0.4, 0.5) is 0 Å². The van der Waals surface area contributed by atoms with Gasteiger partial charge in [0.15, 0.2) is 0 Å². The number of halogens is 1. The summed E-state index contributed by atoms with van der Waals surface area (Å²) in [4.78, 5) is 14.5. The van der Waals surface area contributed by atoms with Crippen molar-refractivity contribution in [2.24, 2.45) is 0 Å². The number of nitrogens with zero attached hydrogens (tertiary/aromatic N) is 1. The molecule has 1 aliphatic rings. The molecule has 2 rings (SSSR count). The molecule has 4 nitrogen and oxygen atoms in total. The molecule has 1 fully saturated rings. The fraction of sp³-hybridized carbons (Fsp3) is 0.533. The van der Waals surface area contributed by atoms with Gasteiger partial charge in [-0.3, -0.25) is 4.79 Å². The Balaban J connectivity index is 2.22. The zero-order chi connectivity index (χ0) is 14.7. The van der Waals surface area contributed by atoms with Crippen LogP contribution in [-0.2, 0) is 0 Å². The molecule has 1 atom stereocenters. The van der Waals surface area contributed by atoms with Crippen LogP contribution in [0.15, 0.2) is 22.7 Å². The fourth-order valence-corrected chi connectivity index (χ4v) is 2.81. The molecule has 0 unspecified atom stereocenters. The predicted molar refractivity (Wildman–Crippen MR) is 83.3 cm³/mol. The summed E-state index contributed by atoms with van der Waals surface area (Å²) in [6, 6.07) is 5.77. The maximum atomic E-state index is 12.6. The lowest BCUT2D eigenvalue weighted by Gasteiger charge is -2.34. The normalized spacial score (nSPS) is 19.2. The second-order valence-corrected chi connectivity index (χ2v) is 6.31. The largest absolute Gasteiger partial charge is 0.491 e. The molecule has 1 aliphatic heterocycles. The highest BCUT2D eigenvalue weighted by atomic mass is 79.9. The molecule has 1 heterocycles. The third kappa shape index (κ3) is 3.73. The van der Waals surface area contributed by atoms with E-state index in [0.29, 0.717) is 5.56 Å². The summed E-state index contributed by atoms with van der Waals surface area (Å²) in [5, 5.41) is 3.29. The molecule has 1 aromatic carbocycles. The number of ether oxygens (including phenoxy) is 1. The van der Waals surface area contributed by atoms with Crippen molar-refractivity contribution in [1.82, 2.24) is 10.2 Å². The van der Waals surface area contributed by atoms with Gasteiger partial charge in [0.1, 0.15) is 5.75 Å². The van der Waals surface area contributed by atoms with E-state index in [-0.39, 0.29) is 18.1 Å². The summed E-state index contributed by atoms with van der Waals surface area (Å²) in [5.41, 5.74) is 0.670. The van der Waals surface area contributed by atoms with E-state index in [1.807, 2.05) is 36.9 Å². The number of rotatable bonds is 3. The van der Waals surface area contributed by atoms with Crippen molar-refractivity contribution in [2.75, 3.05) is 19.6 Å². The molecule has 1 saturated heterocycles. The number of carbonyl (C=O) groups excluding carboxylic acids is 1. The van der Waals surface area contributed by atoms with Gasteiger partial charge in [-0.2, -0.15) is 0 Å². The van der Waals surface area contributed by atoms with Gasteiger partial charge < -0.3 is 15.0 Å². The molecule has 110 valence electrons. The number of amides is 1. The first-order valence-corrected chi connectivity index (χ1v) is 7.75. The molecular weight excluding hydrogens is 320 g/mol. The summed E-state index contributed by atoms with van der Waals surface area (Å²) < 4.78 is 6.55. The molecular formula is C15H21BrN2O2. The Morgan fingerprint density at radius 1 is 1.45 bits per heavy atom. The number of hydrogen-bond acceptors (Lipinski definition) is 3. The Labute approximate surface area is 128 Å². The van der Waals surface area contributed by atoms with Crippen molar-refractivity contribution in [3.05, 3.63) is 28.2 Å². The van der Waals surface area contributed by atoms with Gasteiger partial charge in [0, 0.05) is 35.7 Å². The first-order chi connectivity index (χ1) is 9.47. The minimum Gasteiger partial charge on any atom is -0.491 e. The summed E-state index contributed by atoms with van der Waals surface area (Å²) in [5.74, 6) is 0.786. The molecule has 0 saturated carbocycles. The van der Waals surface area contributed by atoms with Gasteiger partial charge in [0.25, 0.3) is 5.91 Å². The van der Waals surface area contributed by atoms with Gasteiger partial charge >= 0.3 is 0 Å². The zero-order valence-corrected chi connectivity index (χ0v) is 13.7. The highest BCUT2D eigenvalue weighted by Gasteiger charge is 2.24. The van der Waals surface area contributed by atoms with E-state index in [1.165, 1.54) is 0 Å². The van der Waals surface area contributed by atoms with Crippen molar-refractivity contribution in [1.29, 1.82) is 0 Å². The van der Waals surface area contributed by atoms with E-state index >= 15 is 0 Å². The van der Waals surface area contributed by atoms with Gasteiger partial charge in [-0.1, -0.05) is 15.9 Å². The number of nitrogens with one attached hydrogen (secondary N) is 1. The highest BCUT2D eigenvalue weighted by molar-refractivity contribution is 9.10. The number of carbonyl (C=O) groups is 1. The lowest BCUT2D eigenvalue weighted by Crippen LogP contribution is -2.52. The smallest absolute Gasteiger partial charge is 0.254 e. The zero-order valence-electron chi connectivity index (χ0n) is 12.1. The topological polar surface area (TPSA) is 41.6 Å². The first kappa shape index (κ1) is 15.3. The molecule has 0 aliphatic carbocycles. The van der Waals surface area contributed by atoms with Crippen molar-refractivity contribution < 1.29 is 9.53 Å². The molecule has 0 bridgehead atoms. The fourth-order valence-electron chi connectivity index (χ4n) is 2.33. The highest BCUT2D eigenvalue weighted by Crippen LogP contribution is 2.24. The van der Waals surface area contributed by atoms with Gasteiger partial charge in [-0.05, 0) is 39.0 Å². The molecule has 5 heteroatoms. The van der Waals surface area contributed by atoms with Gasteiger partial charge in [0.05, 0.1) is 6.10 Å². The maximum Gasteiger partial charge on any atom is 0.254 e. The minimum atomic E-state index is 0.0638. The lowest BCUT2D eigenvalue weighted by molar-refractivity contribution is 0.0655. The number of benzene rings is 1. The predicted octanol–water partition coefficient (Wildman–Crippen LogP) is 2.67. The summed E-state index contributed by atoms with van der Waals surface area (Å²) in [7, 11) is 0. The van der Waals surface area contributed by atoms with E-state index < -0.39 is 0 Å². The van der Waals surface area contributed by atoms with E-state index in [0.717, 1.165) is 29.9 Å². The van der Waals surface area contributed by atoms with Crippen LogP contribution in [0, 0.1) is 0 Å². The van der Waals surface area contributed by atoms with E-state index in [1.54, 1.807) is 0 Å². The first-order valence-electron chi connectivity index (χ1n) is 6.96. The van der Waals surface area contributed by atoms with Crippen molar-refractivity contribution in [3.8, 4) is 5.75 Å². The molecule has 20 heavy (non-hydrogen) atoms. The average molecular weight is 341 g/mol. The van der Waals surface area contributed by atoms with Crippen LogP contribution in [0.5, 0.6) is 5.75 Å². The Bertz CT molecular complexity index is 491. The molecule has 1 N–H and O–H groups in total. The van der Waals surface area contributed by atoms with Gasteiger partial charge in [0.2, 0.25) is 0 Å².